The van der Waals surface area contributed by atoms with Crippen LogP contribution in [0, 0.1) is 5.92 Å². The highest BCUT2D eigenvalue weighted by Crippen LogP contribution is 2.43. The lowest BCUT2D eigenvalue weighted by Gasteiger charge is -2.30. The van der Waals surface area contributed by atoms with Crippen LogP contribution in [0.2, 0.25) is 0 Å². The number of hydrogen-bond acceptors (Lipinski definition) is 7. The van der Waals surface area contributed by atoms with E-state index in [1.165, 1.54) is 14.2 Å². The second-order valence-electron chi connectivity index (χ2n) is 8.16. The summed E-state index contributed by atoms with van der Waals surface area (Å²) in [5.41, 5.74) is 4.30. The van der Waals surface area contributed by atoms with Gasteiger partial charge in [0.05, 0.1) is 38.3 Å². The van der Waals surface area contributed by atoms with Gasteiger partial charge in [0.2, 0.25) is 0 Å². The Bertz CT molecular complexity index is 1310. The molecule has 8 nitrogen and oxygen atoms in total. The first-order valence-corrected chi connectivity index (χ1v) is 11.1. The first-order valence-electron chi connectivity index (χ1n) is 11.1. The zero-order valence-electron chi connectivity index (χ0n) is 20.3. The number of esters is 2. The molecule has 1 aromatic heterocycles. The van der Waals surface area contributed by atoms with Crippen LogP contribution in [0.3, 0.4) is 0 Å². The van der Waals surface area contributed by atoms with E-state index in [-0.39, 0.29) is 0 Å². The second kappa shape index (κ2) is 9.97. The van der Waals surface area contributed by atoms with Gasteiger partial charge < -0.3 is 14.2 Å². The Balaban J connectivity index is 2.00. The Morgan fingerprint density at radius 2 is 1.60 bits per heavy atom. The minimum Gasteiger partial charge on any atom is -0.497 e. The van der Waals surface area contributed by atoms with Crippen LogP contribution in [0.1, 0.15) is 25.3 Å². The molecular formula is C27H27N3O5. The smallest absolute Gasteiger partial charge is 0.336 e. The number of hydrogen-bond donors (Lipinski definition) is 0. The van der Waals surface area contributed by atoms with Crippen molar-refractivity contribution in [3.63, 3.8) is 0 Å². The predicted molar refractivity (Wildman–Crippen MR) is 132 cm³/mol. The number of ether oxygens (including phenoxy) is 3. The van der Waals surface area contributed by atoms with Gasteiger partial charge in [-0.1, -0.05) is 18.2 Å². The van der Waals surface area contributed by atoms with E-state index in [1.54, 1.807) is 25.6 Å². The van der Waals surface area contributed by atoms with Gasteiger partial charge in [-0.25, -0.2) is 9.48 Å². The predicted octanol–water partition coefficient (Wildman–Crippen LogP) is 4.34. The average Bonchev–Trinajstić information content (AvgIpc) is 3.33. The summed E-state index contributed by atoms with van der Waals surface area (Å²) in [5, 5.41) is 4.88. The molecule has 2 atom stereocenters. The van der Waals surface area contributed by atoms with Gasteiger partial charge in [-0.15, -0.1) is 0 Å². The molecule has 0 N–H and O–H groups in total. The molecule has 0 aliphatic carbocycles. The summed E-state index contributed by atoms with van der Waals surface area (Å²) >= 11 is 0. The van der Waals surface area contributed by atoms with E-state index in [0.717, 1.165) is 11.3 Å². The second-order valence-corrected chi connectivity index (χ2v) is 8.16. The molecule has 3 aromatic rings. The maximum Gasteiger partial charge on any atom is 0.336 e. The molecule has 8 heteroatoms. The molecule has 2 aromatic carbocycles. The Morgan fingerprint density at radius 3 is 2.20 bits per heavy atom. The van der Waals surface area contributed by atoms with Crippen LogP contribution in [0.4, 0.5) is 0 Å². The molecule has 0 bridgehead atoms. The molecule has 0 saturated heterocycles. The average molecular weight is 474 g/mol. The third kappa shape index (κ3) is 4.47. The molecule has 0 radical (unpaired) electrons. The van der Waals surface area contributed by atoms with Crippen molar-refractivity contribution in [2.75, 3.05) is 21.3 Å². The van der Waals surface area contributed by atoms with Gasteiger partial charge in [0.25, 0.3) is 0 Å². The largest absolute Gasteiger partial charge is 0.497 e. The van der Waals surface area contributed by atoms with Crippen LogP contribution in [-0.4, -0.2) is 48.8 Å². The van der Waals surface area contributed by atoms with E-state index in [4.69, 9.17) is 19.3 Å². The van der Waals surface area contributed by atoms with Gasteiger partial charge in [-0.3, -0.25) is 9.79 Å². The molecule has 0 fully saturated rings. The Labute approximate surface area is 203 Å². The number of nitrogens with zero attached hydrogens (tertiary/aromatic N) is 3. The van der Waals surface area contributed by atoms with Crippen molar-refractivity contribution >= 4 is 17.7 Å². The summed E-state index contributed by atoms with van der Waals surface area (Å²) in [6, 6.07) is 17.1. The monoisotopic (exact) mass is 473 g/mol. The summed E-state index contributed by atoms with van der Waals surface area (Å²) in [4.78, 5) is 30.5. The quantitative estimate of drug-likeness (QED) is 0.495. The van der Waals surface area contributed by atoms with Crippen LogP contribution in [0.25, 0.3) is 16.9 Å². The zero-order valence-corrected chi connectivity index (χ0v) is 20.3. The van der Waals surface area contributed by atoms with Gasteiger partial charge in [0, 0.05) is 34.7 Å². The molecule has 2 unspecified atom stereocenters. The highest BCUT2D eigenvalue weighted by Gasteiger charge is 2.44. The molecule has 180 valence electrons. The Morgan fingerprint density at radius 1 is 0.914 bits per heavy atom. The summed E-state index contributed by atoms with van der Waals surface area (Å²) in [5.74, 6) is -1.86. The lowest BCUT2D eigenvalue weighted by atomic mass is 9.75. The van der Waals surface area contributed by atoms with Crippen molar-refractivity contribution in [2.24, 2.45) is 10.9 Å². The topological polar surface area (TPSA) is 92.0 Å². The molecule has 0 saturated carbocycles. The molecular weight excluding hydrogens is 446 g/mol. The third-order valence-corrected chi connectivity index (χ3v) is 6.15. The Hall–Kier alpha value is -4.20. The molecule has 1 aliphatic rings. The number of para-hydroxylation sites is 1. The molecule has 1 aliphatic heterocycles. The van der Waals surface area contributed by atoms with Crippen LogP contribution >= 0.6 is 0 Å². The lowest BCUT2D eigenvalue weighted by Crippen LogP contribution is -2.36. The first-order chi connectivity index (χ1) is 16.9. The number of carbonyl (C=O) groups excluding carboxylic acids is 2. The molecule has 0 spiro atoms. The van der Waals surface area contributed by atoms with E-state index in [2.05, 4.69) is 4.99 Å². The van der Waals surface area contributed by atoms with Crippen molar-refractivity contribution in [2.45, 2.75) is 19.8 Å². The molecule has 35 heavy (non-hydrogen) atoms. The standard InChI is InChI=1S/C27H27N3O5/c1-16-22(26(31)34-4)24(23(17(2)28-16)27(32)35-5)21-15-30(19-9-7-6-8-10-19)29-25(21)18-11-13-20(33-3)14-12-18/h6-15,22,24H,1-5H3. The fourth-order valence-electron chi connectivity index (χ4n) is 4.48. The number of aromatic nitrogens is 2. The van der Waals surface area contributed by atoms with Crippen LogP contribution < -0.4 is 4.74 Å². The summed E-state index contributed by atoms with van der Waals surface area (Å²) in [6.45, 7) is 3.51. The number of aliphatic imine (C=N–C) groups is 1. The van der Waals surface area contributed by atoms with Gasteiger partial charge in [0.1, 0.15) is 11.7 Å². The SMILES string of the molecule is COC(=O)C1=C(C)N=C(C)C(C(=O)OC)C1c1cn(-c2ccccc2)nc1-c1ccc(OC)cc1. The van der Waals surface area contributed by atoms with Crippen LogP contribution in [0.15, 0.2) is 77.1 Å². The summed E-state index contributed by atoms with van der Waals surface area (Å²) < 4.78 is 17.3. The number of allylic oxidation sites excluding steroid dienone is 1. The lowest BCUT2D eigenvalue weighted by molar-refractivity contribution is -0.143. The maximum absolute atomic E-state index is 13.0. The van der Waals surface area contributed by atoms with E-state index >= 15 is 0 Å². The van der Waals surface area contributed by atoms with Gasteiger partial charge in [-0.05, 0) is 50.2 Å². The third-order valence-electron chi connectivity index (χ3n) is 6.15. The highest BCUT2D eigenvalue weighted by atomic mass is 16.5. The molecule has 0 amide bonds. The maximum atomic E-state index is 13.0. The normalized spacial score (nSPS) is 17.6. The molecule has 4 rings (SSSR count). The van der Waals surface area contributed by atoms with E-state index in [9.17, 15) is 9.59 Å². The van der Waals surface area contributed by atoms with E-state index in [0.29, 0.717) is 34.0 Å². The fourth-order valence-corrected chi connectivity index (χ4v) is 4.48. The highest BCUT2D eigenvalue weighted by molar-refractivity contribution is 6.07. The van der Waals surface area contributed by atoms with Crippen molar-refractivity contribution in [1.82, 2.24) is 9.78 Å². The first kappa shape index (κ1) is 23.9. The zero-order chi connectivity index (χ0) is 25.1. The number of benzene rings is 2. The summed E-state index contributed by atoms with van der Waals surface area (Å²) in [6.07, 6.45) is 1.85. The van der Waals surface area contributed by atoms with Gasteiger partial charge in [-0.2, -0.15) is 5.10 Å². The van der Waals surface area contributed by atoms with E-state index < -0.39 is 23.8 Å². The number of rotatable bonds is 6. The van der Waals surface area contributed by atoms with Crippen molar-refractivity contribution < 1.29 is 23.8 Å². The minimum atomic E-state index is -0.816. The molecule has 2 heterocycles. The fraction of sp³-hybridized carbons (Fsp3) is 0.259. The van der Waals surface area contributed by atoms with Gasteiger partial charge >= 0.3 is 11.9 Å². The number of methoxy groups -OCH3 is 3. The summed E-state index contributed by atoms with van der Waals surface area (Å²) in [7, 11) is 4.25. The van der Waals surface area contributed by atoms with Crippen molar-refractivity contribution in [1.29, 1.82) is 0 Å². The number of carbonyl (C=O) groups is 2. The Kier molecular flexibility index (Phi) is 6.82. The van der Waals surface area contributed by atoms with Crippen LogP contribution in [-0.2, 0) is 19.1 Å². The van der Waals surface area contributed by atoms with Crippen LogP contribution in [0.5, 0.6) is 5.75 Å². The van der Waals surface area contributed by atoms with E-state index in [1.807, 2.05) is 60.8 Å². The van der Waals surface area contributed by atoms with Gasteiger partial charge in [0.15, 0.2) is 0 Å². The van der Waals surface area contributed by atoms with Crippen molar-refractivity contribution in [3.8, 4) is 22.7 Å². The van der Waals surface area contributed by atoms with Crippen molar-refractivity contribution in [3.05, 3.63) is 77.6 Å². The minimum absolute atomic E-state index is 0.302.